The molecule has 3 aromatic rings. The number of halogens is 4. The van der Waals surface area contributed by atoms with Crippen LogP contribution in [0, 0.1) is 5.82 Å². The third kappa shape index (κ3) is 6.46. The number of carbonyl (C=O) groups is 2. The van der Waals surface area contributed by atoms with Gasteiger partial charge in [0.05, 0.1) is 11.3 Å². The first-order chi connectivity index (χ1) is 18.1. The molecule has 10 heteroatoms. The molecule has 0 aromatic heterocycles. The van der Waals surface area contributed by atoms with Crippen molar-refractivity contribution in [1.82, 2.24) is 0 Å². The lowest BCUT2D eigenvalue weighted by atomic mass is 9.96. The van der Waals surface area contributed by atoms with E-state index >= 15 is 0 Å². The molecule has 0 aliphatic carbocycles. The molecule has 1 aliphatic heterocycles. The molecular weight excluding hydrogens is 504 g/mol. The SMILES string of the molecule is O=C(C=CC=C(c1ccc(F)cc1)c1ccc(C(F)(F)F)cc1)Nc1ccc2c(c1)NC(=O)C(CCO)O2. The first-order valence-corrected chi connectivity index (χ1v) is 11.5. The summed E-state index contributed by atoms with van der Waals surface area (Å²) in [6.07, 6.45) is -0.953. The Morgan fingerprint density at radius 3 is 2.32 bits per heavy atom. The average Bonchev–Trinajstić information content (AvgIpc) is 2.88. The molecule has 6 nitrogen and oxygen atoms in total. The molecule has 3 aromatic carbocycles. The van der Waals surface area contributed by atoms with Gasteiger partial charge in [0.15, 0.2) is 6.10 Å². The van der Waals surface area contributed by atoms with Crippen LogP contribution < -0.4 is 15.4 Å². The van der Waals surface area contributed by atoms with Gasteiger partial charge in [0.25, 0.3) is 5.91 Å². The number of amides is 2. The van der Waals surface area contributed by atoms with Gasteiger partial charge in [0, 0.05) is 24.8 Å². The fourth-order valence-corrected chi connectivity index (χ4v) is 3.78. The largest absolute Gasteiger partial charge is 0.478 e. The Hall–Kier alpha value is -4.44. The number of nitrogens with one attached hydrogen (secondary N) is 2. The quantitative estimate of drug-likeness (QED) is 0.214. The molecule has 0 fully saturated rings. The third-order valence-electron chi connectivity index (χ3n) is 5.65. The second kappa shape index (κ2) is 11.3. The molecule has 4 rings (SSSR count). The molecule has 38 heavy (non-hydrogen) atoms. The van der Waals surface area contributed by atoms with Crippen molar-refractivity contribution in [3.05, 3.63) is 107 Å². The van der Waals surface area contributed by atoms with Gasteiger partial charge in [-0.25, -0.2) is 4.39 Å². The van der Waals surface area contributed by atoms with Crippen LogP contribution in [-0.4, -0.2) is 29.6 Å². The summed E-state index contributed by atoms with van der Waals surface area (Å²) in [7, 11) is 0. The van der Waals surface area contributed by atoms with E-state index in [1.807, 2.05) is 0 Å². The summed E-state index contributed by atoms with van der Waals surface area (Å²) < 4.78 is 57.9. The first kappa shape index (κ1) is 26.6. The maximum absolute atomic E-state index is 13.4. The number of ether oxygens (including phenoxy) is 1. The summed E-state index contributed by atoms with van der Waals surface area (Å²) in [5, 5.41) is 14.4. The lowest BCUT2D eigenvalue weighted by molar-refractivity contribution is -0.137. The van der Waals surface area contributed by atoms with Crippen molar-refractivity contribution in [3.63, 3.8) is 0 Å². The minimum Gasteiger partial charge on any atom is -0.478 e. The van der Waals surface area contributed by atoms with Crippen LogP contribution >= 0.6 is 0 Å². The zero-order valence-corrected chi connectivity index (χ0v) is 19.8. The van der Waals surface area contributed by atoms with Gasteiger partial charge in [0.2, 0.25) is 5.91 Å². The average molecular weight is 526 g/mol. The van der Waals surface area contributed by atoms with Crippen LogP contribution in [0.2, 0.25) is 0 Å². The van der Waals surface area contributed by atoms with Gasteiger partial charge in [-0.3, -0.25) is 9.59 Å². The predicted octanol–water partition coefficient (Wildman–Crippen LogP) is 5.55. The van der Waals surface area contributed by atoms with Crippen LogP contribution in [-0.2, 0) is 15.8 Å². The van der Waals surface area contributed by atoms with Crippen LogP contribution in [0.4, 0.5) is 28.9 Å². The smallest absolute Gasteiger partial charge is 0.416 e. The Balaban J connectivity index is 1.51. The summed E-state index contributed by atoms with van der Waals surface area (Å²) in [4.78, 5) is 24.6. The number of aliphatic hydroxyl groups is 1. The van der Waals surface area contributed by atoms with E-state index in [0.29, 0.717) is 33.8 Å². The van der Waals surface area contributed by atoms with Crippen LogP contribution in [0.1, 0.15) is 23.1 Å². The highest BCUT2D eigenvalue weighted by Gasteiger charge is 2.30. The highest BCUT2D eigenvalue weighted by molar-refractivity contribution is 6.02. The number of aliphatic hydroxyl groups excluding tert-OH is 1. The molecule has 0 saturated carbocycles. The number of carbonyl (C=O) groups excluding carboxylic acids is 2. The minimum atomic E-state index is -4.48. The number of benzene rings is 3. The molecule has 3 N–H and O–H groups in total. The van der Waals surface area contributed by atoms with Gasteiger partial charge >= 0.3 is 6.18 Å². The third-order valence-corrected chi connectivity index (χ3v) is 5.65. The highest BCUT2D eigenvalue weighted by Crippen LogP contribution is 2.33. The number of fused-ring (bicyclic) bond motifs is 1. The molecule has 2 amide bonds. The molecule has 1 heterocycles. The van der Waals surface area contributed by atoms with E-state index in [1.165, 1.54) is 60.7 Å². The fourth-order valence-electron chi connectivity index (χ4n) is 3.78. The lowest BCUT2D eigenvalue weighted by Crippen LogP contribution is -2.37. The molecule has 0 spiro atoms. The van der Waals surface area contributed by atoms with Crippen LogP contribution in [0.15, 0.2) is 85.0 Å². The number of rotatable bonds is 7. The van der Waals surface area contributed by atoms with Gasteiger partial charge in [0.1, 0.15) is 11.6 Å². The van der Waals surface area contributed by atoms with E-state index in [0.717, 1.165) is 12.1 Å². The van der Waals surface area contributed by atoms with Crippen molar-refractivity contribution in [3.8, 4) is 5.75 Å². The van der Waals surface area contributed by atoms with Crippen molar-refractivity contribution in [2.24, 2.45) is 0 Å². The molecule has 196 valence electrons. The zero-order chi connectivity index (χ0) is 27.3. The maximum atomic E-state index is 13.4. The Kier molecular flexibility index (Phi) is 7.92. The Labute approximate surface area is 215 Å². The van der Waals surface area contributed by atoms with E-state index in [-0.39, 0.29) is 13.0 Å². The lowest BCUT2D eigenvalue weighted by Gasteiger charge is -2.25. The summed E-state index contributed by atoms with van der Waals surface area (Å²) in [5.74, 6) is -0.976. The topological polar surface area (TPSA) is 87.7 Å². The number of hydrogen-bond donors (Lipinski definition) is 3. The molecule has 0 bridgehead atoms. The van der Waals surface area contributed by atoms with E-state index in [9.17, 15) is 27.2 Å². The Morgan fingerprint density at radius 2 is 1.68 bits per heavy atom. The van der Waals surface area contributed by atoms with Crippen LogP contribution in [0.25, 0.3) is 5.57 Å². The van der Waals surface area contributed by atoms with E-state index in [4.69, 9.17) is 9.84 Å². The van der Waals surface area contributed by atoms with Crippen LogP contribution in [0.5, 0.6) is 5.75 Å². The molecule has 1 unspecified atom stereocenters. The van der Waals surface area contributed by atoms with Gasteiger partial charge in [-0.15, -0.1) is 0 Å². The molecular formula is C28H22F4N2O4. The maximum Gasteiger partial charge on any atom is 0.416 e. The standard InChI is InChI=1S/C28H22F4N2O4/c29-20-10-6-18(7-11-20)22(17-4-8-19(9-5-17)28(30,31)32)2-1-3-26(36)33-21-12-13-24-23(16-21)34-27(37)25(38-24)14-15-35/h1-13,16,25,35H,14-15H2,(H,33,36)(H,34,37). The number of alkyl halides is 3. The minimum absolute atomic E-state index is 0.147. The molecule has 0 radical (unpaired) electrons. The van der Waals surface area contributed by atoms with E-state index in [2.05, 4.69) is 10.6 Å². The summed E-state index contributed by atoms with van der Waals surface area (Å²) in [6.45, 7) is -0.204. The van der Waals surface area contributed by atoms with Gasteiger partial charge < -0.3 is 20.5 Å². The summed E-state index contributed by atoms with van der Waals surface area (Å²) in [5.41, 5.74) is 1.42. The van der Waals surface area contributed by atoms with Crippen molar-refractivity contribution >= 4 is 28.8 Å². The first-order valence-electron chi connectivity index (χ1n) is 11.5. The fraction of sp³-hybridized carbons (Fsp3) is 0.143. The second-order valence-electron chi connectivity index (χ2n) is 8.33. The zero-order valence-electron chi connectivity index (χ0n) is 19.8. The highest BCUT2D eigenvalue weighted by atomic mass is 19.4. The van der Waals surface area contributed by atoms with Crippen LogP contribution in [0.3, 0.4) is 0 Å². The molecule has 1 atom stereocenters. The van der Waals surface area contributed by atoms with E-state index in [1.54, 1.807) is 12.1 Å². The molecule has 1 aliphatic rings. The van der Waals surface area contributed by atoms with Crippen molar-refractivity contribution in [2.45, 2.75) is 18.7 Å². The van der Waals surface area contributed by atoms with Crippen molar-refractivity contribution in [2.75, 3.05) is 17.2 Å². The molecule has 0 saturated heterocycles. The van der Waals surface area contributed by atoms with E-state index < -0.39 is 35.5 Å². The summed E-state index contributed by atoms with van der Waals surface area (Å²) in [6, 6.07) is 14.6. The monoisotopic (exact) mass is 526 g/mol. The second-order valence-corrected chi connectivity index (χ2v) is 8.33. The Morgan fingerprint density at radius 1 is 1.03 bits per heavy atom. The number of allylic oxidation sites excluding steroid dienone is 2. The van der Waals surface area contributed by atoms with Crippen molar-refractivity contribution in [1.29, 1.82) is 0 Å². The normalized spacial score (nSPS) is 15.6. The van der Waals surface area contributed by atoms with Gasteiger partial charge in [-0.05, 0) is 59.2 Å². The van der Waals surface area contributed by atoms with Crippen molar-refractivity contribution < 1.29 is 37.0 Å². The van der Waals surface area contributed by atoms with Gasteiger partial charge in [-0.1, -0.05) is 36.4 Å². The predicted molar refractivity (Wildman–Crippen MR) is 134 cm³/mol. The van der Waals surface area contributed by atoms with Gasteiger partial charge in [-0.2, -0.15) is 13.2 Å². The number of anilines is 2. The number of hydrogen-bond acceptors (Lipinski definition) is 4. The summed E-state index contributed by atoms with van der Waals surface area (Å²) >= 11 is 0. The Bertz CT molecular complexity index is 1380.